The molecule has 1 spiro atoms. The maximum Gasteiger partial charge on any atom is 0.417 e. The van der Waals surface area contributed by atoms with Gasteiger partial charge in [0.2, 0.25) is 0 Å². The number of rotatable bonds is 2. The summed E-state index contributed by atoms with van der Waals surface area (Å²) in [6.07, 6.45) is 5.61. The van der Waals surface area contributed by atoms with Gasteiger partial charge in [-0.25, -0.2) is 19.8 Å². The average Bonchev–Trinajstić information content (AvgIpc) is 3.54. The van der Waals surface area contributed by atoms with Crippen molar-refractivity contribution in [3.63, 3.8) is 0 Å². The predicted octanol–water partition coefficient (Wildman–Crippen LogP) is 3.99. The molecule has 0 bridgehead atoms. The number of H-pyrrole nitrogens is 1. The van der Waals surface area contributed by atoms with Crippen LogP contribution in [0, 0.1) is 5.41 Å². The molecule has 35 heavy (non-hydrogen) atoms. The van der Waals surface area contributed by atoms with E-state index in [1.54, 1.807) is 6.20 Å². The van der Waals surface area contributed by atoms with E-state index in [4.69, 9.17) is 20.1 Å². The first kappa shape index (κ1) is 20.9. The van der Waals surface area contributed by atoms with Gasteiger partial charge in [-0.05, 0) is 47.9 Å². The van der Waals surface area contributed by atoms with Crippen LogP contribution in [0.4, 0.5) is 5.82 Å². The van der Waals surface area contributed by atoms with Gasteiger partial charge in [0.05, 0.1) is 28.7 Å². The molecule has 1 saturated heterocycles. The largest absolute Gasteiger partial charge is 0.417 e. The number of para-hydroxylation sites is 1. The summed E-state index contributed by atoms with van der Waals surface area (Å²) in [7, 11) is 0. The lowest BCUT2D eigenvalue weighted by molar-refractivity contribution is 0.127. The standard InChI is InChI=1S/C26H24N6O2S/c27-23-16-5-2-1-4-15(16)13-26(23)8-10-32(11-9-26)20-12-18-24(31-20)28-14-21(29-18)35-19-7-3-6-17-22(19)34-25(33)30-17/h1-7,14,23H,8-13,27H2,(H,30,33)/t23-/m1/s1. The molecular weight excluding hydrogens is 460 g/mol. The summed E-state index contributed by atoms with van der Waals surface area (Å²) in [6.45, 7) is 1.90. The highest BCUT2D eigenvalue weighted by atomic mass is 32.2. The van der Waals surface area contributed by atoms with Gasteiger partial charge in [0.1, 0.15) is 10.9 Å². The smallest absolute Gasteiger partial charge is 0.407 e. The summed E-state index contributed by atoms with van der Waals surface area (Å²) < 4.78 is 5.31. The molecule has 9 heteroatoms. The minimum atomic E-state index is -0.461. The van der Waals surface area contributed by atoms with E-state index in [1.165, 1.54) is 22.9 Å². The number of benzene rings is 2. The molecule has 4 heterocycles. The van der Waals surface area contributed by atoms with Gasteiger partial charge in [-0.15, -0.1) is 0 Å². The molecule has 8 nitrogen and oxygen atoms in total. The molecule has 1 fully saturated rings. The van der Waals surface area contributed by atoms with Crippen LogP contribution in [-0.2, 0) is 12.8 Å². The molecule has 4 aromatic rings. The molecular formula is C26H24N6O2S. The number of nitrogens with zero attached hydrogens (tertiary/aromatic N) is 4. The van der Waals surface area contributed by atoms with Crippen LogP contribution >= 0.6 is 11.8 Å². The monoisotopic (exact) mass is 484 g/mol. The van der Waals surface area contributed by atoms with E-state index in [2.05, 4.69) is 39.1 Å². The quantitative estimate of drug-likeness (QED) is 0.442. The van der Waals surface area contributed by atoms with E-state index in [9.17, 15) is 4.79 Å². The molecule has 2 aromatic carbocycles. The lowest BCUT2D eigenvalue weighted by atomic mass is 9.73. The molecule has 176 valence electrons. The Labute approximate surface area is 205 Å². The van der Waals surface area contributed by atoms with Crippen molar-refractivity contribution < 1.29 is 4.42 Å². The Morgan fingerprint density at radius 3 is 2.86 bits per heavy atom. The van der Waals surface area contributed by atoms with Gasteiger partial charge >= 0.3 is 5.76 Å². The highest BCUT2D eigenvalue weighted by molar-refractivity contribution is 7.99. The normalized spacial score (nSPS) is 20.3. The number of aromatic nitrogens is 3. The second-order valence-corrected chi connectivity index (χ2v) is 10.7. The maximum absolute atomic E-state index is 11.6. The summed E-state index contributed by atoms with van der Waals surface area (Å²) in [5.74, 6) is 1.28. The zero-order valence-electron chi connectivity index (χ0n) is 19.0. The molecule has 3 aliphatic rings. The maximum atomic E-state index is 11.6. The molecule has 7 rings (SSSR count). The molecule has 3 N–H and O–H groups in total. The van der Waals surface area contributed by atoms with Crippen LogP contribution in [0.15, 0.2) is 72.8 Å². The molecule has 0 amide bonds. The van der Waals surface area contributed by atoms with Gasteiger partial charge in [0, 0.05) is 19.1 Å². The second kappa shape index (κ2) is 7.79. The molecule has 1 atom stereocenters. The van der Waals surface area contributed by atoms with Crippen LogP contribution in [0.5, 0.6) is 0 Å². The first-order valence-electron chi connectivity index (χ1n) is 11.9. The second-order valence-electron chi connectivity index (χ2n) is 9.64. The number of amidine groups is 1. The van der Waals surface area contributed by atoms with Crippen LogP contribution in [0.3, 0.4) is 0 Å². The Bertz CT molecular complexity index is 1550. The fourth-order valence-corrected chi connectivity index (χ4v) is 6.69. The Kier molecular flexibility index (Phi) is 4.65. The minimum absolute atomic E-state index is 0.111. The van der Waals surface area contributed by atoms with Crippen LogP contribution in [0.25, 0.3) is 11.1 Å². The van der Waals surface area contributed by atoms with E-state index in [0.717, 1.165) is 53.8 Å². The topological polar surface area (TPSA) is 113 Å². The predicted molar refractivity (Wildman–Crippen MR) is 134 cm³/mol. The van der Waals surface area contributed by atoms with Crippen molar-refractivity contribution in [2.75, 3.05) is 13.1 Å². The van der Waals surface area contributed by atoms with Crippen molar-refractivity contribution in [1.29, 1.82) is 0 Å². The van der Waals surface area contributed by atoms with E-state index in [-0.39, 0.29) is 11.5 Å². The van der Waals surface area contributed by atoms with E-state index < -0.39 is 5.76 Å². The fourth-order valence-electron chi connectivity index (χ4n) is 5.81. The zero-order valence-corrected chi connectivity index (χ0v) is 19.8. The summed E-state index contributed by atoms with van der Waals surface area (Å²) in [6, 6.07) is 14.4. The molecule has 0 saturated carbocycles. The summed E-state index contributed by atoms with van der Waals surface area (Å²) >= 11 is 1.44. The average molecular weight is 485 g/mol. The van der Waals surface area contributed by atoms with Crippen molar-refractivity contribution >= 4 is 34.5 Å². The molecule has 2 aliphatic heterocycles. The number of aromatic amines is 1. The van der Waals surface area contributed by atoms with Gasteiger partial charge < -0.3 is 15.1 Å². The molecule has 0 radical (unpaired) electrons. The zero-order chi connectivity index (χ0) is 23.6. The highest BCUT2D eigenvalue weighted by Crippen LogP contribution is 2.50. The van der Waals surface area contributed by atoms with E-state index >= 15 is 0 Å². The van der Waals surface area contributed by atoms with Crippen molar-refractivity contribution in [3.8, 4) is 0 Å². The lowest BCUT2D eigenvalue weighted by Crippen LogP contribution is -2.46. The van der Waals surface area contributed by atoms with Crippen molar-refractivity contribution in [3.05, 3.63) is 76.0 Å². The number of piperidine rings is 1. The summed E-state index contributed by atoms with van der Waals surface area (Å²) in [4.78, 5) is 31.7. The Hall–Kier alpha value is -3.43. The summed E-state index contributed by atoms with van der Waals surface area (Å²) in [5.41, 5.74) is 11.7. The number of nitrogens with one attached hydrogen (secondary N) is 1. The Morgan fingerprint density at radius 2 is 2.00 bits per heavy atom. The fraction of sp³-hybridized carbons (Fsp3) is 0.308. The van der Waals surface area contributed by atoms with E-state index in [0.29, 0.717) is 23.3 Å². The van der Waals surface area contributed by atoms with Gasteiger partial charge in [-0.3, -0.25) is 4.98 Å². The van der Waals surface area contributed by atoms with Crippen LogP contribution in [0.2, 0.25) is 0 Å². The third-order valence-electron chi connectivity index (χ3n) is 7.70. The van der Waals surface area contributed by atoms with Crippen LogP contribution in [0.1, 0.15) is 35.7 Å². The first-order chi connectivity index (χ1) is 17.1. The van der Waals surface area contributed by atoms with Gasteiger partial charge in [0.25, 0.3) is 0 Å². The Balaban J connectivity index is 1.05. The molecule has 0 unspecified atom stereocenters. The number of nitrogens with two attached hydrogens (primary N) is 1. The number of hydrogen-bond donors (Lipinski definition) is 2. The minimum Gasteiger partial charge on any atom is -0.407 e. The van der Waals surface area contributed by atoms with Crippen molar-refractivity contribution in [2.45, 2.75) is 41.6 Å². The third-order valence-corrected chi connectivity index (χ3v) is 8.65. The van der Waals surface area contributed by atoms with Crippen molar-refractivity contribution in [2.24, 2.45) is 16.1 Å². The number of oxazole rings is 1. The third kappa shape index (κ3) is 3.41. The van der Waals surface area contributed by atoms with Gasteiger partial charge in [-0.2, -0.15) is 0 Å². The van der Waals surface area contributed by atoms with Crippen LogP contribution < -0.4 is 11.5 Å². The van der Waals surface area contributed by atoms with E-state index in [1.807, 2.05) is 18.2 Å². The van der Waals surface area contributed by atoms with Crippen LogP contribution in [-0.4, -0.2) is 38.8 Å². The number of hydrogen-bond acceptors (Lipinski definition) is 8. The molecule has 2 aromatic heterocycles. The lowest BCUT2D eigenvalue weighted by Gasteiger charge is -2.43. The SMILES string of the molecule is N[C@@H]1c2ccccc2CC12CCN(C1=Nc3ncc(Sc4cccc5[nH]c(=O)oc45)nc3C1)CC2. The Morgan fingerprint density at radius 1 is 1.14 bits per heavy atom. The highest BCUT2D eigenvalue weighted by Gasteiger charge is 2.46. The number of likely N-dealkylation sites (tertiary alicyclic amines) is 1. The first-order valence-corrected chi connectivity index (χ1v) is 12.7. The van der Waals surface area contributed by atoms with Crippen molar-refractivity contribution in [1.82, 2.24) is 19.9 Å². The summed E-state index contributed by atoms with van der Waals surface area (Å²) in [5, 5.41) is 0.754. The van der Waals surface area contributed by atoms with Gasteiger partial charge in [0.15, 0.2) is 11.4 Å². The van der Waals surface area contributed by atoms with Gasteiger partial charge in [-0.1, -0.05) is 42.1 Å². The number of fused-ring (bicyclic) bond motifs is 3. The molecule has 1 aliphatic carbocycles. The number of aliphatic imine (C=N–C) groups is 1.